The minimum absolute atomic E-state index is 0.475. The van der Waals surface area contributed by atoms with Gasteiger partial charge in [-0.1, -0.05) is 48.0 Å². The molecule has 102 valence electrons. The summed E-state index contributed by atoms with van der Waals surface area (Å²) in [5, 5.41) is 4.97. The van der Waals surface area contributed by atoms with Gasteiger partial charge in [0.15, 0.2) is 5.22 Å². The lowest BCUT2D eigenvalue weighted by Crippen LogP contribution is -2.12. The quantitative estimate of drug-likeness (QED) is 0.752. The normalized spacial score (nSPS) is 11.1. The minimum Gasteiger partial charge on any atom is -0.444 e. The molecule has 3 aromatic rings. The molecule has 3 heteroatoms. The summed E-state index contributed by atoms with van der Waals surface area (Å²) >= 11 is 6.17. The van der Waals surface area contributed by atoms with E-state index in [1.165, 1.54) is 11.1 Å². The fourth-order valence-electron chi connectivity index (χ4n) is 2.39. The van der Waals surface area contributed by atoms with Gasteiger partial charge < -0.3 is 9.73 Å². The molecule has 0 aliphatic rings. The summed E-state index contributed by atoms with van der Waals surface area (Å²) in [6.45, 7) is 3.62. The van der Waals surface area contributed by atoms with Crippen LogP contribution in [-0.2, 0) is 13.1 Å². The van der Waals surface area contributed by atoms with E-state index in [0.29, 0.717) is 11.8 Å². The summed E-state index contributed by atoms with van der Waals surface area (Å²) in [6, 6.07) is 16.4. The Hall–Kier alpha value is -1.77. The summed E-state index contributed by atoms with van der Waals surface area (Å²) in [7, 11) is 0. The molecule has 0 spiro atoms. The molecular formula is C17H16ClNO. The number of nitrogens with one attached hydrogen (secondary N) is 1. The van der Waals surface area contributed by atoms with Crippen LogP contribution in [0, 0.1) is 6.92 Å². The lowest BCUT2D eigenvalue weighted by atomic mass is 10.1. The highest BCUT2D eigenvalue weighted by molar-refractivity contribution is 6.30. The number of aryl methyl sites for hydroxylation is 1. The van der Waals surface area contributed by atoms with Crippen molar-refractivity contribution >= 4 is 22.6 Å². The summed E-state index contributed by atoms with van der Waals surface area (Å²) in [5.41, 5.74) is 4.41. The summed E-state index contributed by atoms with van der Waals surface area (Å²) in [4.78, 5) is 0. The van der Waals surface area contributed by atoms with Crippen LogP contribution in [0.4, 0.5) is 0 Å². The van der Waals surface area contributed by atoms with Gasteiger partial charge in [-0.15, -0.1) is 0 Å². The van der Waals surface area contributed by atoms with Crippen molar-refractivity contribution in [2.45, 2.75) is 20.0 Å². The number of hydrogen-bond donors (Lipinski definition) is 1. The highest BCUT2D eigenvalue weighted by Crippen LogP contribution is 2.29. The second kappa shape index (κ2) is 5.70. The third-order valence-electron chi connectivity index (χ3n) is 3.36. The maximum absolute atomic E-state index is 6.17. The molecule has 0 saturated heterocycles. The Morgan fingerprint density at radius 3 is 2.75 bits per heavy atom. The van der Waals surface area contributed by atoms with Crippen molar-refractivity contribution in [3.63, 3.8) is 0 Å². The monoisotopic (exact) mass is 285 g/mol. The lowest BCUT2D eigenvalue weighted by Gasteiger charge is -2.05. The minimum atomic E-state index is 0.475. The van der Waals surface area contributed by atoms with Gasteiger partial charge >= 0.3 is 0 Å². The van der Waals surface area contributed by atoms with Gasteiger partial charge in [-0.3, -0.25) is 0 Å². The molecule has 0 aliphatic carbocycles. The number of halogens is 1. The molecule has 1 aromatic heterocycles. The zero-order chi connectivity index (χ0) is 13.9. The molecule has 0 aliphatic heterocycles. The molecule has 0 atom stereocenters. The third-order valence-corrected chi connectivity index (χ3v) is 3.67. The Morgan fingerprint density at radius 1 is 1.05 bits per heavy atom. The van der Waals surface area contributed by atoms with Gasteiger partial charge in [0.25, 0.3) is 0 Å². The number of hydrogen-bond acceptors (Lipinski definition) is 2. The zero-order valence-corrected chi connectivity index (χ0v) is 12.1. The molecule has 0 saturated carbocycles. The predicted molar refractivity (Wildman–Crippen MR) is 82.9 cm³/mol. The largest absolute Gasteiger partial charge is 0.444 e. The van der Waals surface area contributed by atoms with E-state index in [-0.39, 0.29) is 0 Å². The maximum atomic E-state index is 6.17. The van der Waals surface area contributed by atoms with Crippen LogP contribution in [-0.4, -0.2) is 0 Å². The van der Waals surface area contributed by atoms with Crippen LogP contribution < -0.4 is 5.32 Å². The highest BCUT2D eigenvalue weighted by Gasteiger charge is 2.11. The van der Waals surface area contributed by atoms with Gasteiger partial charge in [-0.25, -0.2) is 0 Å². The Kier molecular flexibility index (Phi) is 3.77. The number of furan rings is 1. The molecule has 0 fully saturated rings. The first kappa shape index (κ1) is 13.2. The van der Waals surface area contributed by atoms with Crippen molar-refractivity contribution in [1.29, 1.82) is 0 Å². The van der Waals surface area contributed by atoms with E-state index in [2.05, 4.69) is 36.5 Å². The van der Waals surface area contributed by atoms with Crippen LogP contribution in [0.1, 0.15) is 16.7 Å². The summed E-state index contributed by atoms with van der Waals surface area (Å²) < 4.78 is 5.55. The predicted octanol–water partition coefficient (Wildman–Crippen LogP) is 4.68. The second-order valence-electron chi connectivity index (χ2n) is 4.94. The maximum Gasteiger partial charge on any atom is 0.199 e. The first-order valence-electron chi connectivity index (χ1n) is 6.66. The first-order chi connectivity index (χ1) is 9.74. The molecule has 2 nitrogen and oxygen atoms in total. The van der Waals surface area contributed by atoms with E-state index >= 15 is 0 Å². The van der Waals surface area contributed by atoms with Gasteiger partial charge in [-0.2, -0.15) is 0 Å². The Bertz CT molecular complexity index is 733. The van der Waals surface area contributed by atoms with Crippen molar-refractivity contribution in [1.82, 2.24) is 5.32 Å². The van der Waals surface area contributed by atoms with Crippen LogP contribution in [0.2, 0.25) is 5.22 Å². The fraction of sp³-hybridized carbons (Fsp3) is 0.176. The van der Waals surface area contributed by atoms with E-state index in [9.17, 15) is 0 Å². The average Bonchev–Trinajstić information content (AvgIpc) is 2.75. The van der Waals surface area contributed by atoms with E-state index in [0.717, 1.165) is 23.1 Å². The van der Waals surface area contributed by atoms with Crippen molar-refractivity contribution in [2.24, 2.45) is 0 Å². The zero-order valence-electron chi connectivity index (χ0n) is 11.3. The molecule has 0 unspecified atom stereocenters. The molecule has 3 rings (SSSR count). The van der Waals surface area contributed by atoms with Crippen molar-refractivity contribution in [2.75, 3.05) is 0 Å². The number of rotatable bonds is 4. The van der Waals surface area contributed by atoms with Gasteiger partial charge in [0.2, 0.25) is 0 Å². The van der Waals surface area contributed by atoms with Gasteiger partial charge in [0.1, 0.15) is 5.58 Å². The van der Waals surface area contributed by atoms with Gasteiger partial charge in [0.05, 0.1) is 0 Å². The number of fused-ring (bicyclic) bond motifs is 1. The highest BCUT2D eigenvalue weighted by atomic mass is 35.5. The first-order valence-corrected chi connectivity index (χ1v) is 7.04. The molecule has 2 aromatic carbocycles. The van der Waals surface area contributed by atoms with E-state index in [1.54, 1.807) is 0 Å². The van der Waals surface area contributed by atoms with Crippen molar-refractivity contribution < 1.29 is 4.42 Å². The Labute approximate surface area is 123 Å². The average molecular weight is 286 g/mol. The van der Waals surface area contributed by atoms with Gasteiger partial charge in [0, 0.05) is 24.0 Å². The Morgan fingerprint density at radius 2 is 1.90 bits per heavy atom. The van der Waals surface area contributed by atoms with Crippen LogP contribution in [0.3, 0.4) is 0 Å². The second-order valence-corrected chi connectivity index (χ2v) is 5.29. The number of para-hydroxylation sites is 1. The molecule has 0 radical (unpaired) electrons. The smallest absolute Gasteiger partial charge is 0.199 e. The molecule has 0 amide bonds. The Balaban J connectivity index is 1.73. The molecule has 20 heavy (non-hydrogen) atoms. The van der Waals surface area contributed by atoms with Gasteiger partial charge in [-0.05, 0) is 30.2 Å². The van der Waals surface area contributed by atoms with Crippen LogP contribution in [0.25, 0.3) is 11.0 Å². The van der Waals surface area contributed by atoms with Crippen LogP contribution >= 0.6 is 11.6 Å². The summed E-state index contributed by atoms with van der Waals surface area (Å²) in [5.74, 6) is 0. The summed E-state index contributed by atoms with van der Waals surface area (Å²) in [6.07, 6.45) is 0. The number of benzene rings is 2. The molecule has 1 N–H and O–H groups in total. The topological polar surface area (TPSA) is 25.2 Å². The van der Waals surface area contributed by atoms with Crippen LogP contribution in [0.5, 0.6) is 0 Å². The SMILES string of the molecule is Cc1cccc(CNCc2c(Cl)oc3ccccc23)c1. The fourth-order valence-corrected chi connectivity index (χ4v) is 2.64. The van der Waals surface area contributed by atoms with E-state index in [4.69, 9.17) is 16.0 Å². The van der Waals surface area contributed by atoms with Crippen molar-refractivity contribution in [3.05, 3.63) is 70.4 Å². The molecule has 1 heterocycles. The van der Waals surface area contributed by atoms with E-state index < -0.39 is 0 Å². The van der Waals surface area contributed by atoms with E-state index in [1.807, 2.05) is 24.3 Å². The van der Waals surface area contributed by atoms with Crippen LogP contribution in [0.15, 0.2) is 52.9 Å². The molecule has 0 bridgehead atoms. The lowest BCUT2D eigenvalue weighted by molar-refractivity contribution is 0.604. The molecular weight excluding hydrogens is 270 g/mol. The third kappa shape index (κ3) is 2.72. The van der Waals surface area contributed by atoms with Crippen molar-refractivity contribution in [3.8, 4) is 0 Å². The standard InChI is InChI=1S/C17H16ClNO/c1-12-5-4-6-13(9-12)10-19-11-15-14-7-2-3-8-16(14)20-17(15)18/h2-9,19H,10-11H2,1H3.